The number of nitrogens with zero attached hydrogens (tertiary/aromatic N) is 2. The Morgan fingerprint density at radius 2 is 1.73 bits per heavy atom. The van der Waals surface area contributed by atoms with Crippen LogP contribution in [0.5, 0.6) is 0 Å². The van der Waals surface area contributed by atoms with Crippen LogP contribution < -0.4 is 5.32 Å². The Kier molecular flexibility index (Phi) is 4.01. The second kappa shape index (κ2) is 6.48. The number of amides is 1. The summed E-state index contributed by atoms with van der Waals surface area (Å²) >= 11 is 0. The number of rotatable bonds is 3. The molecule has 0 fully saturated rings. The Bertz CT molecular complexity index is 1100. The third-order valence-electron chi connectivity index (χ3n) is 4.61. The summed E-state index contributed by atoms with van der Waals surface area (Å²) in [5.74, 6) is -0.135. The quantitative estimate of drug-likeness (QED) is 0.576. The van der Waals surface area contributed by atoms with Gasteiger partial charge in [0.25, 0.3) is 5.91 Å². The highest BCUT2D eigenvalue weighted by Gasteiger charge is 2.11. The van der Waals surface area contributed by atoms with E-state index in [9.17, 15) is 4.79 Å². The first kappa shape index (κ1) is 16.1. The molecule has 4 aromatic rings. The van der Waals surface area contributed by atoms with Gasteiger partial charge >= 0.3 is 0 Å². The van der Waals surface area contributed by atoms with E-state index in [0.29, 0.717) is 5.56 Å². The average molecular weight is 341 g/mol. The number of para-hydroxylation sites is 1. The number of carbonyl (C=O) groups is 1. The summed E-state index contributed by atoms with van der Waals surface area (Å²) in [5, 5.41) is 2.96. The Balaban J connectivity index is 1.63. The highest BCUT2D eigenvalue weighted by Crippen LogP contribution is 2.20. The predicted octanol–water partition coefficient (Wildman–Crippen LogP) is 4.89. The van der Waals surface area contributed by atoms with Gasteiger partial charge in [-0.15, -0.1) is 0 Å². The van der Waals surface area contributed by atoms with Crippen molar-refractivity contribution in [2.24, 2.45) is 0 Å². The van der Waals surface area contributed by atoms with Crippen molar-refractivity contribution in [2.45, 2.75) is 13.8 Å². The van der Waals surface area contributed by atoms with Gasteiger partial charge in [-0.3, -0.25) is 9.36 Å². The first-order valence-corrected chi connectivity index (χ1v) is 8.53. The number of aromatic nitrogens is 2. The van der Waals surface area contributed by atoms with Crippen molar-refractivity contribution in [3.8, 4) is 5.69 Å². The van der Waals surface area contributed by atoms with Crippen LogP contribution in [0.25, 0.3) is 16.7 Å². The van der Waals surface area contributed by atoms with Crippen molar-refractivity contribution in [2.75, 3.05) is 5.32 Å². The minimum absolute atomic E-state index is 0.135. The first-order valence-electron chi connectivity index (χ1n) is 8.53. The van der Waals surface area contributed by atoms with Crippen LogP contribution in [0.1, 0.15) is 21.5 Å². The van der Waals surface area contributed by atoms with Gasteiger partial charge in [0, 0.05) is 16.9 Å². The molecule has 0 aliphatic heterocycles. The van der Waals surface area contributed by atoms with Gasteiger partial charge in [-0.25, -0.2) is 4.98 Å². The van der Waals surface area contributed by atoms with Crippen molar-refractivity contribution in [1.82, 2.24) is 9.55 Å². The van der Waals surface area contributed by atoms with Crippen LogP contribution in [0.3, 0.4) is 0 Å². The molecule has 0 unspecified atom stereocenters. The van der Waals surface area contributed by atoms with E-state index < -0.39 is 0 Å². The molecule has 0 aliphatic rings. The number of fused-ring (bicyclic) bond motifs is 1. The van der Waals surface area contributed by atoms with Crippen molar-refractivity contribution in [1.29, 1.82) is 0 Å². The minimum Gasteiger partial charge on any atom is -0.322 e. The molecule has 4 nitrogen and oxygen atoms in total. The lowest BCUT2D eigenvalue weighted by molar-refractivity contribution is 0.102. The monoisotopic (exact) mass is 341 g/mol. The zero-order chi connectivity index (χ0) is 18.1. The minimum atomic E-state index is -0.135. The second-order valence-electron chi connectivity index (χ2n) is 6.41. The summed E-state index contributed by atoms with van der Waals surface area (Å²) in [6.07, 6.45) is 1.78. The fraction of sp³-hybridized carbons (Fsp3) is 0.0909. The fourth-order valence-electron chi connectivity index (χ4n) is 2.97. The van der Waals surface area contributed by atoms with Crippen molar-refractivity contribution < 1.29 is 4.79 Å². The van der Waals surface area contributed by atoms with Gasteiger partial charge in [0.15, 0.2) is 0 Å². The molecule has 0 radical (unpaired) electrons. The van der Waals surface area contributed by atoms with Crippen LogP contribution in [-0.4, -0.2) is 15.5 Å². The number of imidazole rings is 1. The molecule has 3 aromatic carbocycles. The molecular formula is C22H19N3O. The standard InChI is InChI=1S/C22H19N3O/c1-15-8-10-18(12-16(15)2)24-22(26)17-9-11-21-20(13-17)23-14-25(21)19-6-4-3-5-7-19/h3-14H,1-2H3,(H,24,26). The zero-order valence-corrected chi connectivity index (χ0v) is 14.7. The smallest absolute Gasteiger partial charge is 0.255 e. The normalized spacial score (nSPS) is 10.8. The maximum atomic E-state index is 12.6. The summed E-state index contributed by atoms with van der Waals surface area (Å²) < 4.78 is 2.01. The average Bonchev–Trinajstić information content (AvgIpc) is 3.08. The van der Waals surface area contributed by atoms with E-state index in [4.69, 9.17) is 0 Å². The Morgan fingerprint density at radius 3 is 2.50 bits per heavy atom. The third kappa shape index (κ3) is 2.97. The largest absolute Gasteiger partial charge is 0.322 e. The predicted molar refractivity (Wildman–Crippen MR) is 105 cm³/mol. The van der Waals surface area contributed by atoms with Crippen molar-refractivity contribution in [3.05, 3.63) is 89.7 Å². The molecule has 0 bridgehead atoms. The van der Waals surface area contributed by atoms with Crippen LogP contribution in [-0.2, 0) is 0 Å². The Hall–Kier alpha value is -3.40. The summed E-state index contributed by atoms with van der Waals surface area (Å²) in [5.41, 5.74) is 6.56. The fourth-order valence-corrected chi connectivity index (χ4v) is 2.97. The maximum Gasteiger partial charge on any atom is 0.255 e. The lowest BCUT2D eigenvalue weighted by Crippen LogP contribution is -2.12. The molecule has 1 amide bonds. The third-order valence-corrected chi connectivity index (χ3v) is 4.61. The van der Waals surface area contributed by atoms with Crippen LogP contribution in [0.2, 0.25) is 0 Å². The highest BCUT2D eigenvalue weighted by atomic mass is 16.1. The molecule has 0 aliphatic carbocycles. The lowest BCUT2D eigenvalue weighted by Gasteiger charge is -2.08. The molecule has 1 N–H and O–H groups in total. The van der Waals surface area contributed by atoms with Crippen LogP contribution in [0, 0.1) is 13.8 Å². The van der Waals surface area contributed by atoms with Crippen LogP contribution >= 0.6 is 0 Å². The van der Waals surface area contributed by atoms with Gasteiger partial charge in [0.1, 0.15) is 6.33 Å². The zero-order valence-electron chi connectivity index (χ0n) is 14.7. The van der Waals surface area contributed by atoms with Gasteiger partial charge in [0.2, 0.25) is 0 Å². The molecule has 1 aromatic heterocycles. The van der Waals surface area contributed by atoms with Crippen LogP contribution in [0.4, 0.5) is 5.69 Å². The lowest BCUT2D eigenvalue weighted by atomic mass is 10.1. The topological polar surface area (TPSA) is 46.9 Å². The van der Waals surface area contributed by atoms with Gasteiger partial charge in [-0.2, -0.15) is 0 Å². The maximum absolute atomic E-state index is 12.6. The van der Waals surface area contributed by atoms with E-state index in [1.807, 2.05) is 78.2 Å². The summed E-state index contributed by atoms with van der Waals surface area (Å²) in [6, 6.07) is 21.5. The molecule has 128 valence electrons. The molecular weight excluding hydrogens is 322 g/mol. The number of benzene rings is 3. The summed E-state index contributed by atoms with van der Waals surface area (Å²) in [4.78, 5) is 17.0. The van der Waals surface area contributed by atoms with E-state index >= 15 is 0 Å². The SMILES string of the molecule is Cc1ccc(NC(=O)c2ccc3c(c2)ncn3-c2ccccc2)cc1C. The molecule has 26 heavy (non-hydrogen) atoms. The highest BCUT2D eigenvalue weighted by molar-refractivity contribution is 6.06. The van der Waals surface area contributed by atoms with Crippen molar-refractivity contribution in [3.63, 3.8) is 0 Å². The van der Waals surface area contributed by atoms with E-state index in [0.717, 1.165) is 28.0 Å². The molecule has 4 rings (SSSR count). The number of carbonyl (C=O) groups excluding carboxylic acids is 1. The molecule has 0 spiro atoms. The summed E-state index contributed by atoms with van der Waals surface area (Å²) in [6.45, 7) is 4.09. The van der Waals surface area contributed by atoms with Gasteiger partial charge in [0.05, 0.1) is 11.0 Å². The van der Waals surface area contributed by atoms with E-state index in [2.05, 4.69) is 17.2 Å². The van der Waals surface area contributed by atoms with E-state index in [1.165, 1.54) is 5.56 Å². The number of anilines is 1. The van der Waals surface area contributed by atoms with Crippen LogP contribution in [0.15, 0.2) is 73.1 Å². The number of hydrogen-bond acceptors (Lipinski definition) is 2. The number of nitrogens with one attached hydrogen (secondary N) is 1. The molecule has 0 atom stereocenters. The number of hydrogen-bond donors (Lipinski definition) is 1. The Labute approximate surface area is 152 Å². The first-order chi connectivity index (χ1) is 12.6. The van der Waals surface area contributed by atoms with E-state index in [1.54, 1.807) is 6.33 Å². The summed E-state index contributed by atoms with van der Waals surface area (Å²) in [7, 11) is 0. The molecule has 1 heterocycles. The molecule has 0 saturated carbocycles. The van der Waals surface area contributed by atoms with Gasteiger partial charge < -0.3 is 5.32 Å². The number of aryl methyl sites for hydroxylation is 2. The van der Waals surface area contributed by atoms with E-state index in [-0.39, 0.29) is 5.91 Å². The molecule has 4 heteroatoms. The second-order valence-corrected chi connectivity index (χ2v) is 6.41. The van der Waals surface area contributed by atoms with Crippen molar-refractivity contribution >= 4 is 22.6 Å². The van der Waals surface area contributed by atoms with Gasteiger partial charge in [-0.1, -0.05) is 24.3 Å². The molecule has 0 saturated heterocycles. The van der Waals surface area contributed by atoms with Gasteiger partial charge in [-0.05, 0) is 67.4 Å². The Morgan fingerprint density at radius 1 is 0.923 bits per heavy atom.